The lowest BCUT2D eigenvalue weighted by molar-refractivity contribution is -0.167. The normalized spacial score (nSPS) is 12.7. The van der Waals surface area contributed by atoms with Gasteiger partial charge in [-0.15, -0.1) is 0 Å². The molecule has 0 fully saturated rings. The van der Waals surface area contributed by atoms with E-state index in [2.05, 4.69) is 118 Å². The highest BCUT2D eigenvalue weighted by molar-refractivity contribution is 5.71. The Bertz CT molecular complexity index is 1580. The highest BCUT2D eigenvalue weighted by Crippen LogP contribution is 2.17. The first-order valence-electron chi connectivity index (χ1n) is 34.7. The standard InChI is InChI=1S/C75H130O6/c1-4-7-10-13-16-19-22-25-28-31-34-36-37-39-41-44-47-50-53-56-59-62-65-68-74(77)80-71-72(70-79-73(76)67-64-61-58-55-52-49-46-43-40-33-30-27-24-21-18-15-12-9-6-3)81-75(78)69-66-63-60-57-54-51-48-45-42-38-35-32-29-26-23-20-17-14-11-8-5-2/h8,11,17,20,22,25-26,29,31,34-35,38,45,48,54,57,72H,4-7,9-10,12-16,18-19,21,23-24,27-28,30,32-33,36-37,39-44,46-47,49-53,55-56,58-71H2,1-3H3/b11-8-,20-17-,25-22-,29-26-,34-31-,38-35-,48-45-,57-54-. The summed E-state index contributed by atoms with van der Waals surface area (Å²) in [6, 6.07) is 0. The Hall–Kier alpha value is -3.67. The number of allylic oxidation sites excluding steroid dienone is 16. The van der Waals surface area contributed by atoms with Crippen molar-refractivity contribution in [2.75, 3.05) is 13.2 Å². The topological polar surface area (TPSA) is 78.9 Å². The van der Waals surface area contributed by atoms with E-state index in [1.165, 1.54) is 199 Å². The third kappa shape index (κ3) is 67.0. The van der Waals surface area contributed by atoms with Gasteiger partial charge in [0.15, 0.2) is 6.10 Å². The van der Waals surface area contributed by atoms with Crippen LogP contribution in [0.1, 0.15) is 342 Å². The van der Waals surface area contributed by atoms with Gasteiger partial charge in [-0.2, -0.15) is 0 Å². The molecule has 6 heteroatoms. The molecule has 0 rings (SSSR count). The Morgan fingerprint density at radius 2 is 0.481 bits per heavy atom. The fraction of sp³-hybridized carbons (Fsp3) is 0.747. The van der Waals surface area contributed by atoms with Gasteiger partial charge in [-0.1, -0.05) is 317 Å². The van der Waals surface area contributed by atoms with Crippen LogP contribution in [0.5, 0.6) is 0 Å². The molecule has 1 unspecified atom stereocenters. The molecule has 0 aromatic heterocycles. The fourth-order valence-corrected chi connectivity index (χ4v) is 9.89. The molecule has 0 radical (unpaired) electrons. The molecule has 0 bridgehead atoms. The summed E-state index contributed by atoms with van der Waals surface area (Å²) in [4.78, 5) is 38.5. The summed E-state index contributed by atoms with van der Waals surface area (Å²) in [6.07, 6.45) is 92.8. The van der Waals surface area contributed by atoms with Gasteiger partial charge in [-0.3, -0.25) is 14.4 Å². The Morgan fingerprint density at radius 3 is 0.778 bits per heavy atom. The molecule has 0 aromatic rings. The van der Waals surface area contributed by atoms with Gasteiger partial charge in [0.1, 0.15) is 13.2 Å². The van der Waals surface area contributed by atoms with E-state index in [1.54, 1.807) is 0 Å². The van der Waals surface area contributed by atoms with Gasteiger partial charge in [0.2, 0.25) is 0 Å². The van der Waals surface area contributed by atoms with Crippen LogP contribution in [0.15, 0.2) is 97.2 Å². The largest absolute Gasteiger partial charge is 0.462 e. The number of hydrogen-bond acceptors (Lipinski definition) is 6. The minimum atomic E-state index is -0.803. The van der Waals surface area contributed by atoms with Crippen molar-refractivity contribution in [3.05, 3.63) is 97.2 Å². The van der Waals surface area contributed by atoms with Gasteiger partial charge in [0.25, 0.3) is 0 Å². The summed E-state index contributed by atoms with van der Waals surface area (Å²) in [5.74, 6) is -0.922. The maximum Gasteiger partial charge on any atom is 0.306 e. The molecule has 0 amide bonds. The lowest BCUT2D eigenvalue weighted by Gasteiger charge is -2.18. The summed E-state index contributed by atoms with van der Waals surface area (Å²) >= 11 is 0. The molecule has 0 N–H and O–H groups in total. The molecular weight excluding hydrogens is 997 g/mol. The van der Waals surface area contributed by atoms with Crippen LogP contribution in [0.3, 0.4) is 0 Å². The van der Waals surface area contributed by atoms with Gasteiger partial charge < -0.3 is 14.2 Å². The molecule has 0 saturated carbocycles. The summed E-state index contributed by atoms with van der Waals surface area (Å²) < 4.78 is 17.0. The molecule has 0 heterocycles. The molecule has 81 heavy (non-hydrogen) atoms. The fourth-order valence-electron chi connectivity index (χ4n) is 9.89. The average molecular weight is 1130 g/mol. The van der Waals surface area contributed by atoms with Crippen LogP contribution < -0.4 is 0 Å². The van der Waals surface area contributed by atoms with E-state index in [0.717, 1.165) is 96.3 Å². The van der Waals surface area contributed by atoms with Crippen molar-refractivity contribution in [1.29, 1.82) is 0 Å². The number of esters is 3. The second-order valence-electron chi connectivity index (χ2n) is 23.1. The first kappa shape index (κ1) is 77.3. The first-order valence-corrected chi connectivity index (χ1v) is 34.7. The predicted octanol–water partition coefficient (Wildman–Crippen LogP) is 24.0. The van der Waals surface area contributed by atoms with E-state index in [-0.39, 0.29) is 37.5 Å². The Balaban J connectivity index is 4.43. The van der Waals surface area contributed by atoms with Gasteiger partial charge in [0.05, 0.1) is 0 Å². The Labute approximate surface area is 502 Å². The van der Waals surface area contributed by atoms with Gasteiger partial charge >= 0.3 is 17.9 Å². The van der Waals surface area contributed by atoms with Crippen LogP contribution in [-0.2, 0) is 28.6 Å². The third-order valence-corrected chi connectivity index (χ3v) is 15.1. The van der Waals surface area contributed by atoms with Crippen molar-refractivity contribution in [2.24, 2.45) is 0 Å². The molecule has 0 aliphatic heterocycles. The average Bonchev–Trinajstić information content (AvgIpc) is 3.47. The van der Waals surface area contributed by atoms with Crippen LogP contribution in [0, 0.1) is 0 Å². The number of ether oxygens (including phenoxy) is 3. The van der Waals surface area contributed by atoms with Gasteiger partial charge in [-0.25, -0.2) is 0 Å². The molecule has 466 valence electrons. The highest BCUT2D eigenvalue weighted by atomic mass is 16.6. The minimum Gasteiger partial charge on any atom is -0.462 e. The predicted molar refractivity (Wildman–Crippen MR) is 353 cm³/mol. The summed E-state index contributed by atoms with van der Waals surface area (Å²) in [5.41, 5.74) is 0. The van der Waals surface area contributed by atoms with Crippen molar-refractivity contribution < 1.29 is 28.6 Å². The zero-order valence-corrected chi connectivity index (χ0v) is 53.5. The van der Waals surface area contributed by atoms with Crippen LogP contribution in [0.25, 0.3) is 0 Å². The van der Waals surface area contributed by atoms with Crippen molar-refractivity contribution in [3.63, 3.8) is 0 Å². The van der Waals surface area contributed by atoms with E-state index in [9.17, 15) is 14.4 Å². The molecule has 0 aliphatic carbocycles. The SMILES string of the molecule is CC/C=C\C/C=C\C/C=C\C/C=C\C/C=C\C/C=C\CCCCC(=O)OC(COC(=O)CCCCCCCCCCCCC/C=C\C/C=C\CCCCCCC)COC(=O)CCCCCCCCCCCCCCCCCCCCC. The summed E-state index contributed by atoms with van der Waals surface area (Å²) in [5, 5.41) is 0. The molecule has 0 aromatic carbocycles. The summed E-state index contributed by atoms with van der Waals surface area (Å²) in [7, 11) is 0. The number of carbonyl (C=O) groups is 3. The quantitative estimate of drug-likeness (QED) is 0.0261. The molecule has 1 atom stereocenters. The maximum absolute atomic E-state index is 12.9. The number of hydrogen-bond donors (Lipinski definition) is 0. The molecule has 6 nitrogen and oxygen atoms in total. The van der Waals surface area contributed by atoms with Crippen LogP contribution in [-0.4, -0.2) is 37.2 Å². The maximum atomic E-state index is 12.9. The van der Waals surface area contributed by atoms with Crippen LogP contribution >= 0.6 is 0 Å². The third-order valence-electron chi connectivity index (χ3n) is 15.1. The van der Waals surface area contributed by atoms with Crippen molar-refractivity contribution >= 4 is 17.9 Å². The Morgan fingerprint density at radius 1 is 0.259 bits per heavy atom. The highest BCUT2D eigenvalue weighted by Gasteiger charge is 2.19. The number of carbonyl (C=O) groups excluding carboxylic acids is 3. The van der Waals surface area contributed by atoms with E-state index >= 15 is 0 Å². The van der Waals surface area contributed by atoms with Crippen molar-refractivity contribution in [3.8, 4) is 0 Å². The number of unbranched alkanes of at least 4 members (excludes halogenated alkanes) is 36. The zero-order chi connectivity index (χ0) is 58.5. The van der Waals surface area contributed by atoms with Crippen LogP contribution in [0.4, 0.5) is 0 Å². The molecule has 0 spiro atoms. The van der Waals surface area contributed by atoms with Crippen molar-refractivity contribution in [1.82, 2.24) is 0 Å². The van der Waals surface area contributed by atoms with E-state index in [1.807, 2.05) is 0 Å². The second kappa shape index (κ2) is 68.8. The monoisotopic (exact) mass is 1130 g/mol. The lowest BCUT2D eigenvalue weighted by Crippen LogP contribution is -2.30. The smallest absolute Gasteiger partial charge is 0.306 e. The second-order valence-corrected chi connectivity index (χ2v) is 23.1. The summed E-state index contributed by atoms with van der Waals surface area (Å²) in [6.45, 7) is 6.53. The lowest BCUT2D eigenvalue weighted by atomic mass is 10.0. The van der Waals surface area contributed by atoms with Crippen LogP contribution in [0.2, 0.25) is 0 Å². The van der Waals surface area contributed by atoms with Crippen molar-refractivity contribution in [2.45, 2.75) is 348 Å². The van der Waals surface area contributed by atoms with E-state index < -0.39 is 6.10 Å². The first-order chi connectivity index (χ1) is 40.0. The molecular formula is C75H130O6. The van der Waals surface area contributed by atoms with E-state index in [0.29, 0.717) is 19.3 Å². The van der Waals surface area contributed by atoms with Gasteiger partial charge in [-0.05, 0) is 103 Å². The minimum absolute atomic E-state index is 0.0930. The van der Waals surface area contributed by atoms with Gasteiger partial charge in [0, 0.05) is 19.3 Å². The Kier molecular flexibility index (Phi) is 65.7. The zero-order valence-electron chi connectivity index (χ0n) is 53.5. The van der Waals surface area contributed by atoms with E-state index in [4.69, 9.17) is 14.2 Å². The molecule has 0 aliphatic rings. The number of rotatable bonds is 63. The molecule has 0 saturated heterocycles.